The average molecular weight is 343 g/mol. The van der Waals surface area contributed by atoms with Crippen molar-refractivity contribution in [1.29, 1.82) is 0 Å². The van der Waals surface area contributed by atoms with E-state index in [1.165, 1.54) is 11.3 Å². The van der Waals surface area contributed by atoms with Crippen LogP contribution in [0.2, 0.25) is 0 Å². The van der Waals surface area contributed by atoms with Gasteiger partial charge in [-0.2, -0.15) is 0 Å². The number of fused-ring (bicyclic) bond motifs is 4. The molecule has 0 spiro atoms. The van der Waals surface area contributed by atoms with Gasteiger partial charge in [-0.25, -0.2) is 4.98 Å². The summed E-state index contributed by atoms with van der Waals surface area (Å²) >= 11 is 2.97. The molecule has 0 saturated carbocycles. The summed E-state index contributed by atoms with van der Waals surface area (Å²) in [6.45, 7) is 0.214. The van der Waals surface area contributed by atoms with E-state index < -0.39 is 0 Å². The first kappa shape index (κ1) is 12.9. The molecule has 1 aromatic carbocycles. The molecule has 0 atom stereocenters. The van der Waals surface area contributed by atoms with Crippen LogP contribution >= 0.6 is 22.7 Å². The van der Waals surface area contributed by atoms with Crippen molar-refractivity contribution in [3.63, 3.8) is 0 Å². The van der Waals surface area contributed by atoms with Crippen LogP contribution in [-0.4, -0.2) is 22.1 Å². The fourth-order valence-corrected chi connectivity index (χ4v) is 4.22. The third kappa shape index (κ3) is 1.99. The second kappa shape index (κ2) is 4.71. The van der Waals surface area contributed by atoms with Crippen molar-refractivity contribution >= 4 is 49.6 Å². The van der Waals surface area contributed by atoms with Crippen molar-refractivity contribution in [1.82, 2.24) is 9.38 Å². The van der Waals surface area contributed by atoms with E-state index >= 15 is 0 Å². The number of thiophene rings is 1. The van der Waals surface area contributed by atoms with Crippen molar-refractivity contribution in [2.45, 2.75) is 0 Å². The Morgan fingerprint density at radius 2 is 2.17 bits per heavy atom. The molecule has 5 rings (SSSR count). The van der Waals surface area contributed by atoms with Crippen LogP contribution in [0.4, 0.5) is 5.69 Å². The maximum Gasteiger partial charge on any atom is 0.265 e. The first-order valence-corrected chi connectivity index (χ1v) is 8.54. The first-order chi connectivity index (χ1) is 11.3. The maximum absolute atomic E-state index is 12.4. The number of imidazole rings is 1. The lowest BCUT2D eigenvalue weighted by molar-refractivity contribution is 0.103. The third-order valence-electron chi connectivity index (χ3n) is 3.59. The van der Waals surface area contributed by atoms with Crippen LogP contribution in [0.15, 0.2) is 35.8 Å². The number of rotatable bonds is 2. The van der Waals surface area contributed by atoms with Gasteiger partial charge in [0.25, 0.3) is 5.91 Å². The lowest BCUT2D eigenvalue weighted by Gasteiger charge is -2.04. The number of carbonyl (C=O) groups is 1. The minimum atomic E-state index is -0.157. The minimum Gasteiger partial charge on any atom is -0.454 e. The Hall–Kier alpha value is -2.58. The van der Waals surface area contributed by atoms with E-state index in [4.69, 9.17) is 9.47 Å². The zero-order chi connectivity index (χ0) is 15.4. The minimum absolute atomic E-state index is 0.157. The highest BCUT2D eigenvalue weighted by molar-refractivity contribution is 7.21. The van der Waals surface area contributed by atoms with Crippen LogP contribution in [0.3, 0.4) is 0 Å². The second-order valence-corrected chi connectivity index (χ2v) is 6.89. The molecule has 1 amide bonds. The largest absolute Gasteiger partial charge is 0.454 e. The highest BCUT2D eigenvalue weighted by Crippen LogP contribution is 2.35. The standard InChI is InChI=1S/C15H9N3O3S2/c19-13(16-8-1-2-10-11(5-8)21-7-20-10)12-6-9-14(23-12)17-15-18(9)3-4-22-15/h1-6H,7H2,(H,16,19). The summed E-state index contributed by atoms with van der Waals surface area (Å²) in [5.74, 6) is 1.18. The van der Waals surface area contributed by atoms with Gasteiger partial charge in [0.15, 0.2) is 16.5 Å². The Bertz CT molecular complexity index is 1060. The van der Waals surface area contributed by atoms with Crippen molar-refractivity contribution in [2.75, 3.05) is 12.1 Å². The number of anilines is 1. The zero-order valence-corrected chi connectivity index (χ0v) is 13.2. The van der Waals surface area contributed by atoms with Crippen LogP contribution in [0.25, 0.3) is 15.3 Å². The SMILES string of the molecule is O=C(Nc1ccc2c(c1)OCO2)c1cc2c(nc3sccn32)s1. The van der Waals surface area contributed by atoms with Gasteiger partial charge in [0.1, 0.15) is 4.83 Å². The molecule has 4 aromatic rings. The smallest absolute Gasteiger partial charge is 0.265 e. The fraction of sp³-hybridized carbons (Fsp3) is 0.0667. The first-order valence-electron chi connectivity index (χ1n) is 6.84. The number of carbonyl (C=O) groups excluding carboxylic acids is 1. The van der Waals surface area contributed by atoms with Gasteiger partial charge in [-0.3, -0.25) is 9.20 Å². The Balaban J connectivity index is 1.46. The summed E-state index contributed by atoms with van der Waals surface area (Å²) in [4.78, 5) is 19.4. The molecular weight excluding hydrogens is 334 g/mol. The van der Waals surface area contributed by atoms with Gasteiger partial charge < -0.3 is 14.8 Å². The number of nitrogens with zero attached hydrogens (tertiary/aromatic N) is 2. The van der Waals surface area contributed by atoms with Crippen LogP contribution in [0, 0.1) is 0 Å². The number of nitrogens with one attached hydrogen (secondary N) is 1. The Kier molecular flexibility index (Phi) is 2.64. The summed E-state index contributed by atoms with van der Waals surface area (Å²) in [7, 11) is 0. The summed E-state index contributed by atoms with van der Waals surface area (Å²) < 4.78 is 12.6. The molecule has 0 saturated heterocycles. The molecule has 0 radical (unpaired) electrons. The van der Waals surface area contributed by atoms with Crippen LogP contribution < -0.4 is 14.8 Å². The Morgan fingerprint density at radius 3 is 3.13 bits per heavy atom. The Morgan fingerprint density at radius 1 is 1.26 bits per heavy atom. The van der Waals surface area contributed by atoms with Gasteiger partial charge in [-0.1, -0.05) is 0 Å². The number of amides is 1. The quantitative estimate of drug-likeness (QED) is 0.604. The molecule has 8 heteroatoms. The molecule has 6 nitrogen and oxygen atoms in total. The number of hydrogen-bond acceptors (Lipinski definition) is 6. The molecule has 0 unspecified atom stereocenters. The van der Waals surface area contributed by atoms with Gasteiger partial charge in [-0.05, 0) is 18.2 Å². The molecule has 1 N–H and O–H groups in total. The van der Waals surface area contributed by atoms with Gasteiger partial charge in [-0.15, -0.1) is 22.7 Å². The lowest BCUT2D eigenvalue weighted by Crippen LogP contribution is -2.09. The molecule has 0 fully saturated rings. The molecule has 4 heterocycles. The van der Waals surface area contributed by atoms with Crippen molar-refractivity contribution in [3.8, 4) is 11.5 Å². The summed E-state index contributed by atoms with van der Waals surface area (Å²) in [6.07, 6.45) is 1.96. The van der Waals surface area contributed by atoms with Gasteiger partial charge in [0, 0.05) is 23.3 Å². The summed E-state index contributed by atoms with van der Waals surface area (Å²) in [6, 6.07) is 7.21. The number of benzene rings is 1. The lowest BCUT2D eigenvalue weighted by atomic mass is 10.2. The number of hydrogen-bond donors (Lipinski definition) is 1. The normalized spacial score (nSPS) is 13.0. The van der Waals surface area contributed by atoms with E-state index in [1.54, 1.807) is 29.5 Å². The molecule has 1 aliphatic rings. The summed E-state index contributed by atoms with van der Waals surface area (Å²) in [5, 5.41) is 4.86. The number of thiazole rings is 1. The highest BCUT2D eigenvalue weighted by Gasteiger charge is 2.17. The van der Waals surface area contributed by atoms with E-state index in [0.29, 0.717) is 22.1 Å². The second-order valence-electron chi connectivity index (χ2n) is 4.99. The van der Waals surface area contributed by atoms with Crippen LogP contribution in [0.5, 0.6) is 11.5 Å². The predicted molar refractivity (Wildman–Crippen MR) is 89.0 cm³/mol. The van der Waals surface area contributed by atoms with E-state index in [9.17, 15) is 4.79 Å². The van der Waals surface area contributed by atoms with E-state index in [-0.39, 0.29) is 12.7 Å². The van der Waals surface area contributed by atoms with Gasteiger partial charge >= 0.3 is 0 Å². The van der Waals surface area contributed by atoms with Gasteiger partial charge in [0.05, 0.1) is 10.4 Å². The van der Waals surface area contributed by atoms with E-state index in [1.807, 2.05) is 22.0 Å². The van der Waals surface area contributed by atoms with Crippen LogP contribution in [0.1, 0.15) is 9.67 Å². The highest BCUT2D eigenvalue weighted by atomic mass is 32.1. The van der Waals surface area contributed by atoms with Crippen molar-refractivity contribution < 1.29 is 14.3 Å². The van der Waals surface area contributed by atoms with Crippen molar-refractivity contribution in [3.05, 3.63) is 40.7 Å². The van der Waals surface area contributed by atoms with Gasteiger partial charge in [0.2, 0.25) is 6.79 Å². The third-order valence-corrected chi connectivity index (χ3v) is 5.37. The van der Waals surface area contributed by atoms with Crippen LogP contribution in [-0.2, 0) is 0 Å². The molecular formula is C15H9N3O3S2. The monoisotopic (exact) mass is 343 g/mol. The molecule has 114 valence electrons. The molecule has 23 heavy (non-hydrogen) atoms. The molecule has 0 bridgehead atoms. The number of ether oxygens (including phenoxy) is 2. The van der Waals surface area contributed by atoms with E-state index in [0.717, 1.165) is 15.3 Å². The number of aromatic nitrogens is 2. The molecule has 0 aliphatic carbocycles. The molecule has 3 aromatic heterocycles. The predicted octanol–water partition coefficient (Wildman–Crippen LogP) is 3.59. The van der Waals surface area contributed by atoms with Crippen molar-refractivity contribution in [2.24, 2.45) is 0 Å². The average Bonchev–Trinajstić information content (AvgIpc) is 3.27. The topological polar surface area (TPSA) is 64.9 Å². The maximum atomic E-state index is 12.4. The Labute approximate surface area is 137 Å². The zero-order valence-electron chi connectivity index (χ0n) is 11.6. The fourth-order valence-electron chi connectivity index (χ4n) is 2.53. The van der Waals surface area contributed by atoms with E-state index in [2.05, 4.69) is 10.3 Å². The molecule has 1 aliphatic heterocycles. The summed E-state index contributed by atoms with van der Waals surface area (Å²) in [5.41, 5.74) is 1.63.